The number of nitrogens with zero attached hydrogens (tertiary/aromatic N) is 3. The van der Waals surface area contributed by atoms with Gasteiger partial charge >= 0.3 is 6.18 Å². The number of halogens is 4. The first-order valence-corrected chi connectivity index (χ1v) is 7.88. The third-order valence-corrected chi connectivity index (χ3v) is 3.99. The number of hydrogen-bond donors (Lipinski definition) is 1. The highest BCUT2D eigenvalue weighted by Gasteiger charge is 2.39. The standard InChI is InChI=1S/C14H12F3IN4O3/c1-13(2,21-7-8(18)6-19-21)12(23)20-9-3-4-11(22(24)25)10(5-9)14(15,16)17/h3-7H,1-2H3,(H,20,23). The van der Waals surface area contributed by atoms with Crippen molar-refractivity contribution >= 4 is 39.9 Å². The van der Waals surface area contributed by atoms with Crippen LogP contribution in [0.3, 0.4) is 0 Å². The fraction of sp³-hybridized carbons (Fsp3) is 0.286. The topological polar surface area (TPSA) is 90.1 Å². The Morgan fingerprint density at radius 3 is 2.48 bits per heavy atom. The molecule has 0 saturated carbocycles. The second-order valence-electron chi connectivity index (χ2n) is 5.60. The van der Waals surface area contributed by atoms with E-state index >= 15 is 0 Å². The summed E-state index contributed by atoms with van der Waals surface area (Å²) in [6, 6.07) is 2.30. The van der Waals surface area contributed by atoms with Gasteiger partial charge in [-0.1, -0.05) is 0 Å². The number of aromatic nitrogens is 2. The minimum atomic E-state index is -4.92. The minimum Gasteiger partial charge on any atom is -0.324 e. The van der Waals surface area contributed by atoms with E-state index < -0.39 is 33.8 Å². The highest BCUT2D eigenvalue weighted by Crippen LogP contribution is 2.37. The predicted molar refractivity (Wildman–Crippen MR) is 91.0 cm³/mol. The summed E-state index contributed by atoms with van der Waals surface area (Å²) in [4.78, 5) is 22.1. The third kappa shape index (κ3) is 4.08. The summed E-state index contributed by atoms with van der Waals surface area (Å²) in [6.07, 6.45) is -1.78. The van der Waals surface area contributed by atoms with E-state index in [9.17, 15) is 28.1 Å². The first kappa shape index (κ1) is 19.1. The van der Waals surface area contributed by atoms with Crippen molar-refractivity contribution in [2.24, 2.45) is 0 Å². The molecule has 0 aliphatic heterocycles. The van der Waals surface area contributed by atoms with Gasteiger partial charge in [0.15, 0.2) is 0 Å². The number of hydrogen-bond acceptors (Lipinski definition) is 4. The highest BCUT2D eigenvalue weighted by molar-refractivity contribution is 14.1. The average Bonchev–Trinajstić information content (AvgIpc) is 2.93. The lowest BCUT2D eigenvalue weighted by Crippen LogP contribution is -2.40. The summed E-state index contributed by atoms with van der Waals surface area (Å²) >= 11 is 2.01. The normalized spacial score (nSPS) is 12.1. The second kappa shape index (κ2) is 6.61. The monoisotopic (exact) mass is 468 g/mol. The number of benzene rings is 1. The van der Waals surface area contributed by atoms with Crippen molar-refractivity contribution in [2.75, 3.05) is 5.32 Å². The van der Waals surface area contributed by atoms with Gasteiger partial charge in [-0.25, -0.2) is 0 Å². The minimum absolute atomic E-state index is 0.196. The van der Waals surface area contributed by atoms with Crippen LogP contribution in [-0.4, -0.2) is 20.6 Å². The summed E-state index contributed by atoms with van der Waals surface area (Å²) in [7, 11) is 0. The Balaban J connectivity index is 2.34. The Bertz CT molecular complexity index is 833. The quantitative estimate of drug-likeness (QED) is 0.420. The molecule has 25 heavy (non-hydrogen) atoms. The predicted octanol–water partition coefficient (Wildman–Crippen LogP) is 3.79. The van der Waals surface area contributed by atoms with Gasteiger partial charge in [-0.2, -0.15) is 18.3 Å². The SMILES string of the molecule is CC(C)(C(=O)Nc1ccc([N+](=O)[O-])c(C(F)(F)F)c1)n1cc(I)cn1. The Morgan fingerprint density at radius 2 is 2.00 bits per heavy atom. The molecule has 0 saturated heterocycles. The van der Waals surface area contributed by atoms with Crippen molar-refractivity contribution in [1.82, 2.24) is 9.78 Å². The Kier molecular flexibility index (Phi) is 5.06. The lowest BCUT2D eigenvalue weighted by atomic mass is 10.0. The molecule has 0 aliphatic rings. The van der Waals surface area contributed by atoms with E-state index in [0.29, 0.717) is 12.1 Å². The number of alkyl halides is 3. The van der Waals surface area contributed by atoms with Crippen molar-refractivity contribution in [3.8, 4) is 0 Å². The van der Waals surface area contributed by atoms with Crippen LogP contribution in [0, 0.1) is 13.7 Å². The molecule has 0 spiro atoms. The molecule has 0 bridgehead atoms. The molecule has 1 N–H and O–H groups in total. The van der Waals surface area contributed by atoms with Crippen LogP contribution in [0.25, 0.3) is 0 Å². The van der Waals surface area contributed by atoms with Gasteiger partial charge in [0, 0.05) is 18.0 Å². The first-order chi connectivity index (χ1) is 11.4. The van der Waals surface area contributed by atoms with Crippen LogP contribution in [0.15, 0.2) is 30.6 Å². The summed E-state index contributed by atoms with van der Waals surface area (Å²) in [5.41, 5.74) is -3.88. The number of carbonyl (C=O) groups excluding carboxylic acids is 1. The highest BCUT2D eigenvalue weighted by atomic mass is 127. The molecule has 11 heteroatoms. The van der Waals surface area contributed by atoms with E-state index in [0.717, 1.165) is 9.64 Å². The van der Waals surface area contributed by atoms with Crippen molar-refractivity contribution < 1.29 is 22.9 Å². The second-order valence-corrected chi connectivity index (χ2v) is 6.85. The zero-order chi connectivity index (χ0) is 19.0. The van der Waals surface area contributed by atoms with E-state index in [1.54, 1.807) is 20.0 Å². The van der Waals surface area contributed by atoms with Gasteiger partial charge in [0.05, 0.1) is 14.7 Å². The molecule has 1 aromatic heterocycles. The number of nitro benzene ring substituents is 1. The van der Waals surface area contributed by atoms with E-state index in [2.05, 4.69) is 10.4 Å². The molecule has 1 amide bonds. The first-order valence-electron chi connectivity index (χ1n) is 6.80. The van der Waals surface area contributed by atoms with Crippen molar-refractivity contribution in [3.05, 3.63) is 49.8 Å². The zero-order valence-electron chi connectivity index (χ0n) is 13.0. The molecule has 0 radical (unpaired) electrons. The maximum atomic E-state index is 13.0. The molecule has 134 valence electrons. The van der Waals surface area contributed by atoms with Crippen molar-refractivity contribution in [3.63, 3.8) is 0 Å². The number of nitro groups is 1. The zero-order valence-corrected chi connectivity index (χ0v) is 15.1. The summed E-state index contributed by atoms with van der Waals surface area (Å²) < 4.78 is 41.1. The van der Waals surface area contributed by atoms with Gasteiger partial charge in [0.25, 0.3) is 11.6 Å². The number of nitrogens with one attached hydrogen (secondary N) is 1. The molecule has 1 aromatic carbocycles. The largest absolute Gasteiger partial charge is 0.423 e. The molecule has 0 unspecified atom stereocenters. The summed E-state index contributed by atoms with van der Waals surface area (Å²) in [5.74, 6) is -0.617. The van der Waals surface area contributed by atoms with Crippen LogP contribution >= 0.6 is 22.6 Å². The molecule has 1 heterocycles. The third-order valence-electron chi connectivity index (χ3n) is 3.44. The maximum Gasteiger partial charge on any atom is 0.423 e. The smallest absolute Gasteiger partial charge is 0.324 e. The molecular formula is C14H12F3IN4O3. The Morgan fingerprint density at radius 1 is 1.36 bits per heavy atom. The van der Waals surface area contributed by atoms with Crippen LogP contribution < -0.4 is 5.32 Å². The molecule has 0 aliphatic carbocycles. The molecule has 0 atom stereocenters. The van der Waals surface area contributed by atoms with Gasteiger partial charge in [0.1, 0.15) is 11.1 Å². The van der Waals surface area contributed by atoms with E-state index in [1.807, 2.05) is 22.6 Å². The lowest BCUT2D eigenvalue weighted by molar-refractivity contribution is -0.388. The van der Waals surface area contributed by atoms with E-state index in [4.69, 9.17) is 0 Å². The van der Waals surface area contributed by atoms with Gasteiger partial charge in [-0.05, 0) is 48.6 Å². The molecular weight excluding hydrogens is 456 g/mol. The van der Waals surface area contributed by atoms with Crippen LogP contribution in [0.5, 0.6) is 0 Å². The summed E-state index contributed by atoms with van der Waals surface area (Å²) in [6.45, 7) is 3.09. The number of amides is 1. The molecule has 2 rings (SSSR count). The van der Waals surface area contributed by atoms with Crippen LogP contribution in [0.2, 0.25) is 0 Å². The fourth-order valence-electron chi connectivity index (χ4n) is 1.99. The van der Waals surface area contributed by atoms with Crippen LogP contribution in [-0.2, 0) is 16.5 Å². The Hall–Kier alpha value is -2.18. The fourth-order valence-corrected chi connectivity index (χ4v) is 2.38. The van der Waals surface area contributed by atoms with Crippen molar-refractivity contribution in [1.29, 1.82) is 0 Å². The lowest BCUT2D eigenvalue weighted by Gasteiger charge is -2.24. The van der Waals surface area contributed by atoms with Crippen molar-refractivity contribution in [2.45, 2.75) is 25.6 Å². The average molecular weight is 468 g/mol. The maximum absolute atomic E-state index is 13.0. The van der Waals surface area contributed by atoms with Gasteiger partial charge < -0.3 is 5.32 Å². The van der Waals surface area contributed by atoms with E-state index in [-0.39, 0.29) is 5.69 Å². The number of rotatable bonds is 4. The molecule has 2 aromatic rings. The molecule has 7 nitrogen and oxygen atoms in total. The van der Waals surface area contributed by atoms with Gasteiger partial charge in [-0.3, -0.25) is 19.6 Å². The number of carbonyl (C=O) groups is 1. The van der Waals surface area contributed by atoms with Gasteiger partial charge in [-0.15, -0.1) is 0 Å². The van der Waals surface area contributed by atoms with Crippen LogP contribution in [0.1, 0.15) is 19.4 Å². The van der Waals surface area contributed by atoms with E-state index in [1.165, 1.54) is 10.9 Å². The molecule has 0 fully saturated rings. The van der Waals surface area contributed by atoms with Crippen LogP contribution in [0.4, 0.5) is 24.5 Å². The Labute approximate surface area is 153 Å². The van der Waals surface area contributed by atoms with Gasteiger partial charge in [0.2, 0.25) is 0 Å². The number of anilines is 1. The summed E-state index contributed by atoms with van der Waals surface area (Å²) in [5, 5.41) is 17.1.